The van der Waals surface area contributed by atoms with Crippen LogP contribution in [0.1, 0.15) is 0 Å². The molecule has 0 bridgehead atoms. The first-order valence-electron chi connectivity index (χ1n) is 4.88. The van der Waals surface area contributed by atoms with Crippen LogP contribution in [0, 0.1) is 0 Å². The fourth-order valence-electron chi connectivity index (χ4n) is 1.45. The summed E-state index contributed by atoms with van der Waals surface area (Å²) in [6.07, 6.45) is 0. The fourth-order valence-corrected chi connectivity index (χ4v) is 1.67. The highest BCUT2D eigenvalue weighted by Gasteiger charge is 2.01. The molecule has 2 aromatic rings. The molecule has 0 spiro atoms. The molecule has 0 aliphatic heterocycles. The zero-order chi connectivity index (χ0) is 12.3. The summed E-state index contributed by atoms with van der Waals surface area (Å²) >= 11 is 10.9. The molecule has 17 heavy (non-hydrogen) atoms. The Bertz CT molecular complexity index is 518. The van der Waals surface area contributed by atoms with Crippen LogP contribution in [-0.2, 0) is 0 Å². The summed E-state index contributed by atoms with van der Waals surface area (Å²) in [7, 11) is 0. The van der Waals surface area contributed by atoms with E-state index in [1.807, 2.05) is 36.4 Å². The number of carbonyl (C=O) groups excluding carboxylic acids is 1. The van der Waals surface area contributed by atoms with Gasteiger partial charge in [0.25, 0.3) is 0 Å². The lowest BCUT2D eigenvalue weighted by atomic mass is 10.1. The van der Waals surface area contributed by atoms with E-state index in [2.05, 4.69) is 0 Å². The second-order valence-electron chi connectivity index (χ2n) is 3.37. The van der Waals surface area contributed by atoms with Crippen molar-refractivity contribution in [3.05, 3.63) is 53.6 Å². The second-order valence-corrected chi connectivity index (χ2v) is 4.12. The molecule has 0 unspecified atom stereocenters. The van der Waals surface area contributed by atoms with Crippen molar-refractivity contribution in [3.63, 3.8) is 0 Å². The summed E-state index contributed by atoms with van der Waals surface area (Å²) in [4.78, 5) is 10.5. The Labute approximate surface area is 109 Å². The van der Waals surface area contributed by atoms with Crippen molar-refractivity contribution in [2.45, 2.75) is 0 Å². The molecular formula is C13H8Cl2O2. The summed E-state index contributed by atoms with van der Waals surface area (Å²) in [6, 6.07) is 14.5. The van der Waals surface area contributed by atoms with E-state index in [0.29, 0.717) is 10.8 Å². The number of carbonyl (C=O) groups is 1. The highest BCUT2D eigenvalue weighted by molar-refractivity contribution is 6.61. The third-order valence-electron chi connectivity index (χ3n) is 2.23. The van der Waals surface area contributed by atoms with Crippen molar-refractivity contribution in [3.8, 4) is 16.9 Å². The Morgan fingerprint density at radius 3 is 1.82 bits per heavy atom. The van der Waals surface area contributed by atoms with Gasteiger partial charge in [-0.25, -0.2) is 4.79 Å². The SMILES string of the molecule is O=C(Cl)Oc1ccc(-c2ccc(Cl)cc2)cc1. The van der Waals surface area contributed by atoms with Gasteiger partial charge >= 0.3 is 5.43 Å². The first-order chi connectivity index (χ1) is 8.15. The maximum absolute atomic E-state index is 10.5. The van der Waals surface area contributed by atoms with Gasteiger partial charge in [-0.2, -0.15) is 0 Å². The molecule has 0 aliphatic carbocycles. The summed E-state index contributed by atoms with van der Waals surface area (Å²) in [6.45, 7) is 0. The van der Waals surface area contributed by atoms with Gasteiger partial charge in [-0.1, -0.05) is 35.9 Å². The van der Waals surface area contributed by atoms with Crippen LogP contribution in [0.2, 0.25) is 5.02 Å². The van der Waals surface area contributed by atoms with E-state index in [-0.39, 0.29) is 0 Å². The lowest BCUT2D eigenvalue weighted by Crippen LogP contribution is -1.95. The number of rotatable bonds is 2. The third kappa shape index (κ3) is 3.22. The van der Waals surface area contributed by atoms with Crippen LogP contribution < -0.4 is 4.74 Å². The molecule has 0 heterocycles. The molecule has 0 amide bonds. The molecule has 2 rings (SSSR count). The lowest BCUT2D eigenvalue weighted by molar-refractivity contribution is 0.225. The van der Waals surface area contributed by atoms with Crippen LogP contribution in [0.15, 0.2) is 48.5 Å². The molecule has 0 aliphatic rings. The Morgan fingerprint density at radius 2 is 1.35 bits per heavy atom. The number of ether oxygens (including phenoxy) is 1. The predicted molar refractivity (Wildman–Crippen MR) is 68.8 cm³/mol. The Hall–Kier alpha value is -1.51. The summed E-state index contributed by atoms with van der Waals surface area (Å²) in [5, 5.41) is 0.696. The number of halogens is 2. The van der Waals surface area contributed by atoms with Crippen LogP contribution >= 0.6 is 23.2 Å². The molecule has 0 saturated carbocycles. The maximum atomic E-state index is 10.5. The molecule has 0 fully saturated rings. The summed E-state index contributed by atoms with van der Waals surface area (Å²) in [5.41, 5.74) is 1.21. The Morgan fingerprint density at radius 1 is 0.882 bits per heavy atom. The average molecular weight is 267 g/mol. The first kappa shape index (κ1) is 12.0. The van der Waals surface area contributed by atoms with Crippen molar-refractivity contribution in [2.24, 2.45) is 0 Å². The quantitative estimate of drug-likeness (QED) is 0.734. The van der Waals surface area contributed by atoms with Gasteiger partial charge in [-0.05, 0) is 35.4 Å². The zero-order valence-electron chi connectivity index (χ0n) is 8.69. The van der Waals surface area contributed by atoms with Gasteiger partial charge in [0.2, 0.25) is 0 Å². The van der Waals surface area contributed by atoms with Gasteiger partial charge in [-0.3, -0.25) is 0 Å². The largest absolute Gasteiger partial charge is 0.415 e. The lowest BCUT2D eigenvalue weighted by Gasteiger charge is -2.03. The van der Waals surface area contributed by atoms with Crippen LogP contribution in [0.5, 0.6) is 5.75 Å². The fraction of sp³-hybridized carbons (Fsp3) is 0. The molecular weight excluding hydrogens is 259 g/mol. The van der Waals surface area contributed by atoms with Gasteiger partial charge in [0, 0.05) is 16.6 Å². The number of hydrogen-bond donors (Lipinski definition) is 0. The first-order valence-corrected chi connectivity index (χ1v) is 5.64. The van der Waals surface area contributed by atoms with Crippen molar-refractivity contribution in [1.82, 2.24) is 0 Å². The molecule has 0 N–H and O–H groups in total. The highest BCUT2D eigenvalue weighted by Crippen LogP contribution is 2.24. The van der Waals surface area contributed by atoms with E-state index in [4.69, 9.17) is 27.9 Å². The molecule has 2 aromatic carbocycles. The van der Waals surface area contributed by atoms with Crippen LogP contribution in [-0.4, -0.2) is 5.43 Å². The van der Waals surface area contributed by atoms with Crippen LogP contribution in [0.4, 0.5) is 4.79 Å². The Balaban J connectivity index is 2.23. The minimum absolute atomic E-state index is 0.419. The normalized spacial score (nSPS) is 10.0. The predicted octanol–water partition coefficient (Wildman–Crippen LogP) is 4.74. The molecule has 0 radical (unpaired) electrons. The van der Waals surface area contributed by atoms with Gasteiger partial charge in [-0.15, -0.1) is 0 Å². The molecule has 4 heteroatoms. The van der Waals surface area contributed by atoms with E-state index >= 15 is 0 Å². The van der Waals surface area contributed by atoms with Gasteiger partial charge in [0.1, 0.15) is 5.75 Å². The zero-order valence-corrected chi connectivity index (χ0v) is 10.2. The summed E-state index contributed by atoms with van der Waals surface area (Å²) in [5.74, 6) is 0.419. The van der Waals surface area contributed by atoms with Crippen LogP contribution in [0.25, 0.3) is 11.1 Å². The van der Waals surface area contributed by atoms with E-state index in [1.165, 1.54) is 0 Å². The monoisotopic (exact) mass is 266 g/mol. The number of benzene rings is 2. The van der Waals surface area contributed by atoms with Gasteiger partial charge in [0.05, 0.1) is 0 Å². The van der Waals surface area contributed by atoms with E-state index in [9.17, 15) is 4.79 Å². The molecule has 0 atom stereocenters. The second kappa shape index (κ2) is 5.21. The number of hydrogen-bond acceptors (Lipinski definition) is 2. The maximum Gasteiger partial charge on any atom is 0.409 e. The van der Waals surface area contributed by atoms with E-state index in [0.717, 1.165) is 11.1 Å². The minimum Gasteiger partial charge on any atom is -0.415 e. The highest BCUT2D eigenvalue weighted by atomic mass is 35.5. The molecule has 0 aromatic heterocycles. The third-order valence-corrected chi connectivity index (χ3v) is 2.56. The van der Waals surface area contributed by atoms with Crippen molar-refractivity contribution < 1.29 is 9.53 Å². The molecule has 0 saturated heterocycles. The Kier molecular flexibility index (Phi) is 3.67. The van der Waals surface area contributed by atoms with Crippen molar-refractivity contribution in [2.75, 3.05) is 0 Å². The van der Waals surface area contributed by atoms with Crippen molar-refractivity contribution in [1.29, 1.82) is 0 Å². The van der Waals surface area contributed by atoms with Crippen LogP contribution in [0.3, 0.4) is 0 Å². The standard InChI is InChI=1S/C13H8Cl2O2/c14-11-5-1-9(2-6-11)10-3-7-12(8-4-10)17-13(15)16/h1-8H. The molecule has 86 valence electrons. The van der Waals surface area contributed by atoms with Gasteiger partial charge < -0.3 is 4.74 Å². The van der Waals surface area contributed by atoms with E-state index in [1.54, 1.807) is 12.1 Å². The summed E-state index contributed by atoms with van der Waals surface area (Å²) < 4.78 is 4.73. The smallest absolute Gasteiger partial charge is 0.409 e. The van der Waals surface area contributed by atoms with Gasteiger partial charge in [0.15, 0.2) is 0 Å². The van der Waals surface area contributed by atoms with Crippen molar-refractivity contribution >= 4 is 28.6 Å². The van der Waals surface area contributed by atoms with E-state index < -0.39 is 5.43 Å². The minimum atomic E-state index is -0.843. The average Bonchev–Trinajstić information content (AvgIpc) is 2.30. The molecule has 2 nitrogen and oxygen atoms in total. The topological polar surface area (TPSA) is 26.3 Å².